The van der Waals surface area contributed by atoms with Gasteiger partial charge in [0.2, 0.25) is 0 Å². The Bertz CT molecular complexity index is 559. The van der Waals surface area contributed by atoms with E-state index in [1.54, 1.807) is 6.92 Å². The van der Waals surface area contributed by atoms with E-state index in [1.165, 1.54) is 0 Å². The number of carbonyl (C=O) groups is 1. The van der Waals surface area contributed by atoms with E-state index in [0.717, 1.165) is 16.5 Å². The first kappa shape index (κ1) is 11.0. The molecule has 0 saturated heterocycles. The highest BCUT2D eigenvalue weighted by Crippen LogP contribution is 2.28. The van der Waals surface area contributed by atoms with Gasteiger partial charge in [-0.1, -0.05) is 17.7 Å². The lowest BCUT2D eigenvalue weighted by Crippen LogP contribution is -2.07. The van der Waals surface area contributed by atoms with Crippen LogP contribution in [0.5, 0.6) is 0 Å². The Morgan fingerprint density at radius 3 is 2.81 bits per heavy atom. The standard InChI is InChI=1S/C12H12ClNO2/c1-7(12(15)16)8-3-4-11-9(5-8)10(13)6-14(11)2/h3-7H,1-2H3,(H,15,16). The van der Waals surface area contributed by atoms with Gasteiger partial charge in [0.25, 0.3) is 0 Å². The molecular formula is C12H12ClNO2. The second-order valence-corrected chi connectivity index (χ2v) is 4.33. The predicted molar refractivity (Wildman–Crippen MR) is 64.0 cm³/mol. The molecule has 0 spiro atoms. The fourth-order valence-corrected chi connectivity index (χ4v) is 2.07. The minimum atomic E-state index is -0.827. The number of aromatic nitrogens is 1. The zero-order valence-electron chi connectivity index (χ0n) is 9.07. The molecule has 0 aliphatic carbocycles. The number of carboxylic acids is 1. The van der Waals surface area contributed by atoms with Crippen LogP contribution in [0.4, 0.5) is 0 Å². The van der Waals surface area contributed by atoms with Gasteiger partial charge in [-0.05, 0) is 24.6 Å². The molecule has 0 aliphatic rings. The first-order valence-corrected chi connectivity index (χ1v) is 5.36. The zero-order chi connectivity index (χ0) is 11.9. The van der Waals surface area contributed by atoms with Crippen LogP contribution in [-0.4, -0.2) is 15.6 Å². The Labute approximate surface area is 98.3 Å². The molecule has 0 saturated carbocycles. The summed E-state index contributed by atoms with van der Waals surface area (Å²) in [6.07, 6.45) is 1.82. The Hall–Kier alpha value is -1.48. The third-order valence-electron chi connectivity index (χ3n) is 2.84. The zero-order valence-corrected chi connectivity index (χ0v) is 9.82. The van der Waals surface area contributed by atoms with Crippen LogP contribution in [0.25, 0.3) is 10.9 Å². The molecule has 16 heavy (non-hydrogen) atoms. The molecule has 0 amide bonds. The molecule has 1 aromatic carbocycles. The lowest BCUT2D eigenvalue weighted by molar-refractivity contribution is -0.138. The number of fused-ring (bicyclic) bond motifs is 1. The lowest BCUT2D eigenvalue weighted by Gasteiger charge is -2.06. The van der Waals surface area contributed by atoms with Crippen LogP contribution in [0.3, 0.4) is 0 Å². The third-order valence-corrected chi connectivity index (χ3v) is 3.14. The van der Waals surface area contributed by atoms with Gasteiger partial charge in [-0.3, -0.25) is 4.79 Å². The van der Waals surface area contributed by atoms with Crippen molar-refractivity contribution in [1.29, 1.82) is 0 Å². The highest BCUT2D eigenvalue weighted by molar-refractivity contribution is 6.35. The summed E-state index contributed by atoms with van der Waals surface area (Å²) in [5.41, 5.74) is 1.78. The topological polar surface area (TPSA) is 42.2 Å². The monoisotopic (exact) mass is 237 g/mol. The van der Waals surface area contributed by atoms with Crippen LogP contribution in [0.2, 0.25) is 5.02 Å². The number of aryl methyl sites for hydroxylation is 1. The fraction of sp³-hybridized carbons (Fsp3) is 0.250. The van der Waals surface area contributed by atoms with Crippen molar-refractivity contribution in [1.82, 2.24) is 4.57 Å². The van der Waals surface area contributed by atoms with E-state index in [1.807, 2.05) is 36.0 Å². The van der Waals surface area contributed by atoms with Crippen LogP contribution < -0.4 is 0 Å². The van der Waals surface area contributed by atoms with Crippen molar-refractivity contribution in [2.45, 2.75) is 12.8 Å². The largest absolute Gasteiger partial charge is 0.481 e. The number of halogens is 1. The molecule has 2 rings (SSSR count). The maximum absolute atomic E-state index is 10.9. The summed E-state index contributed by atoms with van der Waals surface area (Å²) >= 11 is 6.07. The molecule has 1 atom stereocenters. The molecule has 0 aliphatic heterocycles. The van der Waals surface area contributed by atoms with Crippen molar-refractivity contribution >= 4 is 28.5 Å². The van der Waals surface area contributed by atoms with Gasteiger partial charge in [0, 0.05) is 24.1 Å². The normalized spacial score (nSPS) is 12.9. The molecule has 1 heterocycles. The van der Waals surface area contributed by atoms with Gasteiger partial charge in [0.1, 0.15) is 0 Å². The molecule has 0 fully saturated rings. The van der Waals surface area contributed by atoms with Crippen LogP contribution in [0.1, 0.15) is 18.4 Å². The van der Waals surface area contributed by atoms with Crippen molar-refractivity contribution < 1.29 is 9.90 Å². The van der Waals surface area contributed by atoms with Crippen molar-refractivity contribution in [2.75, 3.05) is 0 Å². The number of hydrogen-bond donors (Lipinski definition) is 1. The van der Waals surface area contributed by atoms with E-state index in [-0.39, 0.29) is 0 Å². The van der Waals surface area contributed by atoms with Gasteiger partial charge < -0.3 is 9.67 Å². The maximum atomic E-state index is 10.9. The summed E-state index contributed by atoms with van der Waals surface area (Å²) in [6.45, 7) is 1.67. The number of rotatable bonds is 2. The number of carboxylic acid groups (broad SMARTS) is 1. The van der Waals surface area contributed by atoms with E-state index >= 15 is 0 Å². The summed E-state index contributed by atoms with van der Waals surface area (Å²) in [4.78, 5) is 10.9. The van der Waals surface area contributed by atoms with E-state index in [9.17, 15) is 4.79 Å². The van der Waals surface area contributed by atoms with Gasteiger partial charge in [0.05, 0.1) is 10.9 Å². The first-order chi connectivity index (χ1) is 7.50. The Balaban J connectivity index is 2.60. The Morgan fingerprint density at radius 1 is 1.50 bits per heavy atom. The average Bonchev–Trinajstić information content (AvgIpc) is 2.53. The molecule has 3 nitrogen and oxygen atoms in total. The summed E-state index contributed by atoms with van der Waals surface area (Å²) in [5.74, 6) is -1.34. The summed E-state index contributed by atoms with van der Waals surface area (Å²) in [7, 11) is 1.91. The molecule has 2 aromatic rings. The van der Waals surface area contributed by atoms with E-state index in [2.05, 4.69) is 0 Å². The van der Waals surface area contributed by atoms with Gasteiger partial charge in [-0.15, -0.1) is 0 Å². The molecule has 4 heteroatoms. The number of nitrogens with zero attached hydrogens (tertiary/aromatic N) is 1. The Kier molecular flexibility index (Phi) is 2.64. The van der Waals surface area contributed by atoms with Crippen molar-refractivity contribution in [3.63, 3.8) is 0 Å². The molecule has 1 unspecified atom stereocenters. The highest BCUT2D eigenvalue weighted by Gasteiger charge is 2.15. The van der Waals surface area contributed by atoms with Crippen molar-refractivity contribution in [3.8, 4) is 0 Å². The van der Waals surface area contributed by atoms with Gasteiger partial charge >= 0.3 is 5.97 Å². The molecular weight excluding hydrogens is 226 g/mol. The minimum absolute atomic E-state index is 0.513. The number of aliphatic carboxylic acids is 1. The molecule has 0 bridgehead atoms. The minimum Gasteiger partial charge on any atom is -0.481 e. The Morgan fingerprint density at radius 2 is 2.19 bits per heavy atom. The highest BCUT2D eigenvalue weighted by atomic mass is 35.5. The fourth-order valence-electron chi connectivity index (χ4n) is 1.77. The quantitative estimate of drug-likeness (QED) is 0.873. The van der Waals surface area contributed by atoms with Crippen LogP contribution in [0, 0.1) is 0 Å². The average molecular weight is 238 g/mol. The van der Waals surface area contributed by atoms with Gasteiger partial charge in [-0.2, -0.15) is 0 Å². The van der Waals surface area contributed by atoms with E-state index < -0.39 is 11.9 Å². The smallest absolute Gasteiger partial charge is 0.310 e. The van der Waals surface area contributed by atoms with Crippen LogP contribution >= 0.6 is 11.6 Å². The van der Waals surface area contributed by atoms with E-state index in [4.69, 9.17) is 16.7 Å². The SMILES string of the molecule is CC(C(=O)O)c1ccc2c(c1)c(Cl)cn2C. The number of benzene rings is 1. The predicted octanol–water partition coefficient (Wildman–Crippen LogP) is 3.02. The third kappa shape index (κ3) is 1.67. The number of hydrogen-bond acceptors (Lipinski definition) is 1. The molecule has 1 aromatic heterocycles. The molecule has 1 N–H and O–H groups in total. The van der Waals surface area contributed by atoms with Crippen LogP contribution in [-0.2, 0) is 11.8 Å². The van der Waals surface area contributed by atoms with Gasteiger partial charge in [-0.25, -0.2) is 0 Å². The second-order valence-electron chi connectivity index (χ2n) is 3.92. The second kappa shape index (κ2) is 3.83. The lowest BCUT2D eigenvalue weighted by atomic mass is 10.0. The van der Waals surface area contributed by atoms with Crippen molar-refractivity contribution in [3.05, 3.63) is 35.0 Å². The van der Waals surface area contributed by atoms with Gasteiger partial charge in [0.15, 0.2) is 0 Å². The summed E-state index contributed by atoms with van der Waals surface area (Å²) in [6, 6.07) is 5.57. The summed E-state index contributed by atoms with van der Waals surface area (Å²) < 4.78 is 1.92. The van der Waals surface area contributed by atoms with Crippen molar-refractivity contribution in [2.24, 2.45) is 7.05 Å². The molecule has 84 valence electrons. The van der Waals surface area contributed by atoms with E-state index in [0.29, 0.717) is 5.02 Å². The maximum Gasteiger partial charge on any atom is 0.310 e. The van der Waals surface area contributed by atoms with Crippen LogP contribution in [0.15, 0.2) is 24.4 Å². The molecule has 0 radical (unpaired) electrons. The summed E-state index contributed by atoms with van der Waals surface area (Å²) in [5, 5.41) is 10.5. The first-order valence-electron chi connectivity index (χ1n) is 4.98.